The lowest BCUT2D eigenvalue weighted by molar-refractivity contribution is 0.199. The molecule has 0 amide bonds. The first kappa shape index (κ1) is 20.7. The van der Waals surface area contributed by atoms with Gasteiger partial charge in [-0.2, -0.15) is 0 Å². The summed E-state index contributed by atoms with van der Waals surface area (Å²) in [5, 5.41) is 14.4. The molecule has 0 spiro atoms. The molecule has 5 aromatic rings. The monoisotopic (exact) mass is 433 g/mol. The molecule has 33 heavy (non-hydrogen) atoms. The van der Waals surface area contributed by atoms with E-state index in [-0.39, 0.29) is 0 Å². The van der Waals surface area contributed by atoms with Gasteiger partial charge in [0.05, 0.1) is 29.2 Å². The molecule has 6 heteroatoms. The number of rotatable bonds is 6. The van der Waals surface area contributed by atoms with Crippen molar-refractivity contribution >= 4 is 16.7 Å². The molecule has 2 N–H and O–H groups in total. The Bertz CT molecular complexity index is 1390. The maximum Gasteiger partial charge on any atom is 0.163 e. The third kappa shape index (κ3) is 4.42. The van der Waals surface area contributed by atoms with Crippen LogP contribution in [0.4, 0.5) is 5.82 Å². The fraction of sp³-hybridized carbons (Fsp3) is 0.111. The van der Waals surface area contributed by atoms with Crippen LogP contribution < -0.4 is 5.32 Å². The van der Waals surface area contributed by atoms with E-state index < -0.39 is 6.10 Å². The largest absolute Gasteiger partial charge is 0.389 e. The molecule has 5 rings (SSSR count). The Kier molecular flexibility index (Phi) is 5.74. The highest BCUT2D eigenvalue weighted by molar-refractivity contribution is 6.02. The van der Waals surface area contributed by atoms with E-state index in [0.717, 1.165) is 44.7 Å². The van der Waals surface area contributed by atoms with Crippen LogP contribution >= 0.6 is 0 Å². The van der Waals surface area contributed by atoms with Crippen molar-refractivity contribution in [1.82, 2.24) is 19.9 Å². The number of nitrogens with zero attached hydrogens (tertiary/aromatic N) is 4. The minimum atomic E-state index is -0.621. The molecule has 2 aromatic carbocycles. The predicted molar refractivity (Wildman–Crippen MR) is 130 cm³/mol. The second-order valence-electron chi connectivity index (χ2n) is 7.82. The molecular weight excluding hydrogens is 410 g/mol. The lowest BCUT2D eigenvalue weighted by Crippen LogP contribution is -2.06. The van der Waals surface area contributed by atoms with Crippen molar-refractivity contribution < 1.29 is 5.11 Å². The first-order valence-electron chi connectivity index (χ1n) is 10.8. The molecule has 0 unspecified atom stereocenters. The van der Waals surface area contributed by atoms with Crippen molar-refractivity contribution in [2.45, 2.75) is 19.6 Å². The van der Waals surface area contributed by atoms with Gasteiger partial charge in [-0.25, -0.2) is 9.97 Å². The highest BCUT2D eigenvalue weighted by Gasteiger charge is 2.15. The number of nitrogens with one attached hydrogen (secondary N) is 1. The van der Waals surface area contributed by atoms with E-state index in [0.29, 0.717) is 12.4 Å². The summed E-state index contributed by atoms with van der Waals surface area (Å²) in [5.41, 5.74) is 5.36. The number of hydrogen-bond acceptors (Lipinski definition) is 6. The van der Waals surface area contributed by atoms with Gasteiger partial charge in [0.2, 0.25) is 0 Å². The Balaban J connectivity index is 1.67. The standard InChI is InChI=1S/C27H23N5O/c1-18(33)20-14-21(16-28-15-20)26-31-24-12-7-11-23(19-8-3-2-4-9-19)25(24)27(32-26)30-17-22-10-5-6-13-29-22/h2-16,18,33H,17H2,1H3,(H,30,31,32)/t18-/m0/s1. The molecule has 0 fully saturated rings. The van der Waals surface area contributed by atoms with Crippen LogP contribution in [0, 0.1) is 0 Å². The number of aromatic nitrogens is 4. The lowest BCUT2D eigenvalue weighted by atomic mass is 10.0. The van der Waals surface area contributed by atoms with Crippen LogP contribution in [0.15, 0.2) is 91.4 Å². The van der Waals surface area contributed by atoms with Crippen molar-refractivity contribution in [3.05, 3.63) is 103 Å². The molecule has 0 bridgehead atoms. The van der Waals surface area contributed by atoms with Gasteiger partial charge in [0.15, 0.2) is 5.82 Å². The number of hydrogen-bond donors (Lipinski definition) is 2. The van der Waals surface area contributed by atoms with Gasteiger partial charge in [0, 0.05) is 24.2 Å². The molecule has 162 valence electrons. The number of aliphatic hydroxyl groups is 1. The summed E-state index contributed by atoms with van der Waals surface area (Å²) in [4.78, 5) is 18.5. The highest BCUT2D eigenvalue weighted by atomic mass is 16.3. The summed E-state index contributed by atoms with van der Waals surface area (Å²) in [5.74, 6) is 1.27. The average molecular weight is 434 g/mol. The zero-order chi connectivity index (χ0) is 22.6. The van der Waals surface area contributed by atoms with Gasteiger partial charge in [0.25, 0.3) is 0 Å². The molecule has 3 aromatic heterocycles. The van der Waals surface area contributed by atoms with Crippen molar-refractivity contribution in [3.63, 3.8) is 0 Å². The molecule has 3 heterocycles. The van der Waals surface area contributed by atoms with Crippen LogP contribution in [0.1, 0.15) is 24.3 Å². The van der Waals surface area contributed by atoms with Gasteiger partial charge in [-0.05, 0) is 47.9 Å². The van der Waals surface area contributed by atoms with E-state index in [2.05, 4.69) is 33.5 Å². The second-order valence-corrected chi connectivity index (χ2v) is 7.82. The van der Waals surface area contributed by atoms with Crippen LogP contribution in [0.2, 0.25) is 0 Å². The summed E-state index contributed by atoms with van der Waals surface area (Å²) in [7, 11) is 0. The van der Waals surface area contributed by atoms with E-state index in [1.165, 1.54) is 0 Å². The highest BCUT2D eigenvalue weighted by Crippen LogP contribution is 2.34. The first-order valence-corrected chi connectivity index (χ1v) is 10.8. The molecular formula is C27H23N5O. The van der Waals surface area contributed by atoms with Gasteiger partial charge in [-0.15, -0.1) is 0 Å². The maximum absolute atomic E-state index is 9.99. The van der Waals surface area contributed by atoms with Gasteiger partial charge in [-0.3, -0.25) is 9.97 Å². The van der Waals surface area contributed by atoms with E-state index in [1.54, 1.807) is 25.5 Å². The van der Waals surface area contributed by atoms with Gasteiger partial charge >= 0.3 is 0 Å². The van der Waals surface area contributed by atoms with Crippen molar-refractivity contribution in [2.24, 2.45) is 0 Å². The van der Waals surface area contributed by atoms with Crippen LogP contribution in [0.5, 0.6) is 0 Å². The summed E-state index contributed by atoms with van der Waals surface area (Å²) in [6, 6.07) is 24.0. The van der Waals surface area contributed by atoms with Crippen molar-refractivity contribution in [1.29, 1.82) is 0 Å². The number of aliphatic hydroxyl groups excluding tert-OH is 1. The van der Waals surface area contributed by atoms with Gasteiger partial charge in [0.1, 0.15) is 5.82 Å². The Morgan fingerprint density at radius 2 is 1.73 bits per heavy atom. The zero-order valence-electron chi connectivity index (χ0n) is 18.2. The molecule has 1 atom stereocenters. The third-order valence-corrected chi connectivity index (χ3v) is 5.47. The smallest absolute Gasteiger partial charge is 0.163 e. The minimum Gasteiger partial charge on any atom is -0.389 e. The number of fused-ring (bicyclic) bond motifs is 1. The van der Waals surface area contributed by atoms with Crippen LogP contribution in [0.25, 0.3) is 33.4 Å². The molecule has 0 aliphatic heterocycles. The SMILES string of the molecule is C[C@H](O)c1cncc(-c2nc(NCc3ccccn3)c3c(-c4ccccc4)cccc3n2)c1. The lowest BCUT2D eigenvalue weighted by Gasteiger charge is -2.15. The summed E-state index contributed by atoms with van der Waals surface area (Å²) in [6.07, 6.45) is 4.53. The summed E-state index contributed by atoms with van der Waals surface area (Å²) < 4.78 is 0. The fourth-order valence-corrected chi connectivity index (χ4v) is 3.78. The molecule has 0 aliphatic rings. The van der Waals surface area contributed by atoms with E-state index in [9.17, 15) is 5.11 Å². The summed E-state index contributed by atoms with van der Waals surface area (Å²) in [6.45, 7) is 2.25. The zero-order valence-corrected chi connectivity index (χ0v) is 18.2. The Labute approximate surface area is 192 Å². The van der Waals surface area contributed by atoms with E-state index in [4.69, 9.17) is 9.97 Å². The topological polar surface area (TPSA) is 83.8 Å². The van der Waals surface area contributed by atoms with Crippen LogP contribution in [0.3, 0.4) is 0 Å². The first-order chi connectivity index (χ1) is 16.2. The normalized spacial score (nSPS) is 11.9. The van der Waals surface area contributed by atoms with Gasteiger partial charge in [-0.1, -0.05) is 48.5 Å². The molecule has 6 nitrogen and oxygen atoms in total. The molecule has 0 saturated heterocycles. The minimum absolute atomic E-state index is 0.529. The molecule has 0 radical (unpaired) electrons. The van der Waals surface area contributed by atoms with Crippen LogP contribution in [-0.2, 0) is 6.54 Å². The van der Waals surface area contributed by atoms with Crippen molar-refractivity contribution in [2.75, 3.05) is 5.32 Å². The predicted octanol–water partition coefficient (Wildman–Crippen LogP) is 5.42. The third-order valence-electron chi connectivity index (χ3n) is 5.47. The quantitative estimate of drug-likeness (QED) is 0.372. The van der Waals surface area contributed by atoms with Gasteiger partial charge < -0.3 is 10.4 Å². The van der Waals surface area contributed by atoms with Crippen LogP contribution in [-0.4, -0.2) is 25.0 Å². The Hall–Kier alpha value is -4.16. The average Bonchev–Trinajstić information content (AvgIpc) is 2.88. The van der Waals surface area contributed by atoms with E-state index >= 15 is 0 Å². The fourth-order valence-electron chi connectivity index (χ4n) is 3.78. The number of pyridine rings is 2. The van der Waals surface area contributed by atoms with Crippen molar-refractivity contribution in [3.8, 4) is 22.5 Å². The maximum atomic E-state index is 9.99. The molecule has 0 saturated carbocycles. The molecule has 0 aliphatic carbocycles. The second kappa shape index (κ2) is 9.14. The number of benzene rings is 2. The number of anilines is 1. The Morgan fingerprint density at radius 3 is 2.52 bits per heavy atom. The summed E-state index contributed by atoms with van der Waals surface area (Å²) >= 11 is 0. The Morgan fingerprint density at radius 1 is 0.879 bits per heavy atom. The van der Waals surface area contributed by atoms with E-state index in [1.807, 2.05) is 54.6 Å².